The summed E-state index contributed by atoms with van der Waals surface area (Å²) in [6.07, 6.45) is 20.2. The summed E-state index contributed by atoms with van der Waals surface area (Å²) < 4.78 is 14.3. The molecular weight excluding hydrogens is 582 g/mol. The van der Waals surface area contributed by atoms with Crippen LogP contribution in [0.15, 0.2) is 0 Å². The van der Waals surface area contributed by atoms with Crippen molar-refractivity contribution in [1.82, 2.24) is 0 Å². The third kappa shape index (κ3) is 36.9. The van der Waals surface area contributed by atoms with Crippen molar-refractivity contribution in [3.63, 3.8) is 0 Å². The molecule has 0 bridgehead atoms. The number of hydrogen-bond donors (Lipinski definition) is 0. The minimum atomic E-state index is -1.09. The van der Waals surface area contributed by atoms with E-state index in [1.165, 1.54) is 77.0 Å². The van der Waals surface area contributed by atoms with Crippen molar-refractivity contribution in [2.75, 3.05) is 13.2 Å². The molecule has 0 fully saturated rings. The van der Waals surface area contributed by atoms with E-state index in [1.807, 2.05) is 0 Å². The Kier molecular flexibility index (Phi) is 34.3. The summed E-state index contributed by atoms with van der Waals surface area (Å²) in [6.45, 7) is 15.3. The van der Waals surface area contributed by atoms with Gasteiger partial charge in [0.1, 0.15) is 0 Å². The third-order valence-electron chi connectivity index (χ3n) is 5.29. The molecule has 30 heavy (non-hydrogen) atoms. The van der Waals surface area contributed by atoms with Gasteiger partial charge in [0.25, 0.3) is 0 Å². The fourth-order valence-electron chi connectivity index (χ4n) is 3.03. The summed E-state index contributed by atoms with van der Waals surface area (Å²) >= 11 is -1.18. The maximum absolute atomic E-state index is 5.49. The number of hydrogen-bond acceptors (Lipinski definition) is 2. The van der Waals surface area contributed by atoms with Crippen LogP contribution in [-0.2, 0) is 6.15 Å². The van der Waals surface area contributed by atoms with Gasteiger partial charge in [0.05, 0.1) is 0 Å². The maximum atomic E-state index is 5.49. The summed E-state index contributed by atoms with van der Waals surface area (Å²) in [4.78, 5) is 0. The second kappa shape index (κ2) is 30.5. The zero-order valence-corrected chi connectivity index (χ0v) is 28.4. The SMILES string of the molecule is CC(C)CC[O][SnH][O]CCC(C)C.CCCCCCC[CH2][SnH][CH2]CCCCCCC. The third-order valence-corrected chi connectivity index (χ3v) is 12.1. The Hall–Kier alpha value is 1.52. The van der Waals surface area contributed by atoms with Crippen LogP contribution in [0.5, 0.6) is 0 Å². The molecule has 0 heterocycles. The predicted octanol–water partition coefficient (Wildman–Crippen LogP) is 8.36. The Morgan fingerprint density at radius 2 is 0.900 bits per heavy atom. The van der Waals surface area contributed by atoms with Crippen molar-refractivity contribution in [1.29, 1.82) is 0 Å². The van der Waals surface area contributed by atoms with E-state index in [4.69, 9.17) is 6.15 Å². The van der Waals surface area contributed by atoms with Crippen molar-refractivity contribution >= 4 is 43.1 Å². The zero-order valence-electron chi connectivity index (χ0n) is 21.9. The Balaban J connectivity index is 0. The van der Waals surface area contributed by atoms with Crippen LogP contribution >= 0.6 is 0 Å². The van der Waals surface area contributed by atoms with E-state index >= 15 is 0 Å². The van der Waals surface area contributed by atoms with E-state index in [0.29, 0.717) is 0 Å². The molecule has 0 N–H and O–H groups in total. The van der Waals surface area contributed by atoms with E-state index < -0.39 is 22.0 Å². The molecule has 0 aliphatic carbocycles. The molecule has 0 saturated heterocycles. The quantitative estimate of drug-likeness (QED) is 0.0876. The fraction of sp³-hybridized carbons (Fsp3) is 1.00. The second-order valence-electron chi connectivity index (χ2n) is 9.60. The fourth-order valence-corrected chi connectivity index (χ4v) is 8.75. The van der Waals surface area contributed by atoms with Gasteiger partial charge in [-0.3, -0.25) is 0 Å². The van der Waals surface area contributed by atoms with E-state index in [9.17, 15) is 0 Å². The van der Waals surface area contributed by atoms with Gasteiger partial charge in [-0.05, 0) is 0 Å². The monoisotopic (exact) mass is 642 g/mol. The molecule has 0 unspecified atom stereocenters. The van der Waals surface area contributed by atoms with Crippen molar-refractivity contribution < 1.29 is 6.15 Å². The molecule has 4 heteroatoms. The Morgan fingerprint density at radius 1 is 0.533 bits per heavy atom. The summed E-state index contributed by atoms with van der Waals surface area (Å²) in [6, 6.07) is 0. The van der Waals surface area contributed by atoms with Crippen molar-refractivity contribution in [2.45, 2.75) is 140 Å². The Morgan fingerprint density at radius 3 is 1.27 bits per heavy atom. The van der Waals surface area contributed by atoms with Crippen LogP contribution in [0.1, 0.15) is 131 Å². The Bertz CT molecular complexity index is 260. The molecule has 182 valence electrons. The molecule has 0 aliphatic rings. The van der Waals surface area contributed by atoms with Gasteiger partial charge in [0.2, 0.25) is 0 Å². The first-order valence-corrected chi connectivity index (χ1v) is 20.8. The molecule has 2 radical (unpaired) electrons. The van der Waals surface area contributed by atoms with Crippen LogP contribution in [0.25, 0.3) is 0 Å². The first-order valence-electron chi connectivity index (χ1n) is 13.4. The molecule has 0 aliphatic heterocycles. The average Bonchev–Trinajstić information content (AvgIpc) is 2.71. The molecule has 0 atom stereocenters. The molecule has 0 spiro atoms. The molecule has 0 aromatic carbocycles. The van der Waals surface area contributed by atoms with Crippen LogP contribution in [0, 0.1) is 11.8 Å². The summed E-state index contributed by atoms with van der Waals surface area (Å²) in [7, 11) is 0. The van der Waals surface area contributed by atoms with Gasteiger partial charge in [-0.2, -0.15) is 0 Å². The molecule has 0 saturated carbocycles. The van der Waals surface area contributed by atoms with Crippen LogP contribution in [0.4, 0.5) is 0 Å². The molecule has 0 aromatic heterocycles. The molecule has 0 aromatic rings. The van der Waals surface area contributed by atoms with Gasteiger partial charge >= 0.3 is 215 Å². The van der Waals surface area contributed by atoms with Gasteiger partial charge in [0.15, 0.2) is 0 Å². The second-order valence-corrected chi connectivity index (χ2v) is 17.0. The van der Waals surface area contributed by atoms with E-state index in [1.54, 1.807) is 21.7 Å². The normalized spacial score (nSPS) is 11.2. The first kappa shape index (κ1) is 33.7. The molecule has 0 amide bonds. The summed E-state index contributed by atoms with van der Waals surface area (Å²) in [5.41, 5.74) is 0. The topological polar surface area (TPSA) is 18.5 Å². The van der Waals surface area contributed by atoms with Crippen LogP contribution in [-0.4, -0.2) is 56.3 Å². The van der Waals surface area contributed by atoms with Gasteiger partial charge in [0, 0.05) is 0 Å². The zero-order chi connectivity index (χ0) is 22.7. The standard InChI is InChI=1S/2C8H17.2C5H11O.2Sn.2H/c2*1-3-5-7-8-6-4-2;2*1-5(2)3-4-6;;;;/h2*1,3-8H2,2H3;2*5H,3-4H2,1-2H3;;;;/q;;2*-1;;+2;;. The number of rotatable bonds is 22. The van der Waals surface area contributed by atoms with Gasteiger partial charge in [-0.15, -0.1) is 0 Å². The minimum absolute atomic E-state index is 0.0928. The summed E-state index contributed by atoms with van der Waals surface area (Å²) in [5, 5.41) is 0. The summed E-state index contributed by atoms with van der Waals surface area (Å²) in [5.74, 6) is 1.50. The van der Waals surface area contributed by atoms with Crippen LogP contribution in [0.2, 0.25) is 8.87 Å². The molecule has 0 rings (SSSR count). The van der Waals surface area contributed by atoms with Gasteiger partial charge in [-0.1, -0.05) is 0 Å². The molecule has 2 nitrogen and oxygen atoms in total. The van der Waals surface area contributed by atoms with Crippen LogP contribution < -0.4 is 0 Å². The van der Waals surface area contributed by atoms with Crippen molar-refractivity contribution in [3.05, 3.63) is 0 Å². The van der Waals surface area contributed by atoms with E-state index in [-0.39, 0.29) is 21.1 Å². The van der Waals surface area contributed by atoms with Gasteiger partial charge in [-0.25, -0.2) is 0 Å². The average molecular weight is 640 g/mol. The van der Waals surface area contributed by atoms with Crippen molar-refractivity contribution in [3.8, 4) is 0 Å². The predicted molar refractivity (Wildman–Crippen MR) is 141 cm³/mol. The van der Waals surface area contributed by atoms with E-state index in [2.05, 4.69) is 41.5 Å². The van der Waals surface area contributed by atoms with Crippen molar-refractivity contribution in [2.24, 2.45) is 11.8 Å². The Labute approximate surface area is 213 Å². The van der Waals surface area contributed by atoms with E-state index in [0.717, 1.165) is 25.0 Å². The first-order chi connectivity index (χ1) is 14.5. The molecular formula is C26H58O2Sn2. The van der Waals surface area contributed by atoms with Gasteiger partial charge < -0.3 is 0 Å². The van der Waals surface area contributed by atoms with Crippen LogP contribution in [0.3, 0.4) is 0 Å². The number of unbranched alkanes of at least 4 members (excludes halogenated alkanes) is 10.